The van der Waals surface area contributed by atoms with Gasteiger partial charge in [-0.25, -0.2) is 8.78 Å². The molecule has 0 unspecified atom stereocenters. The van der Waals surface area contributed by atoms with E-state index in [1.807, 2.05) is 4.98 Å². The number of carbonyl (C=O) groups is 1. The van der Waals surface area contributed by atoms with Crippen molar-refractivity contribution in [3.05, 3.63) is 31.2 Å². The highest BCUT2D eigenvalue weighted by atomic mass is 127. The fourth-order valence-electron chi connectivity index (χ4n) is 0.902. The first-order valence-corrected chi connectivity index (χ1v) is 4.52. The molecular weight excluding hydrogens is 309 g/mol. The molecule has 0 radical (unpaired) electrons. The van der Waals surface area contributed by atoms with Gasteiger partial charge in [-0.15, -0.1) is 0 Å². The van der Waals surface area contributed by atoms with E-state index in [0.717, 1.165) is 6.20 Å². The largest absolute Gasteiger partial charge is 0.365 e. The van der Waals surface area contributed by atoms with E-state index in [1.165, 1.54) is 22.6 Å². The lowest BCUT2D eigenvalue weighted by molar-refractivity contribution is 0.0997. The number of rotatable bonds is 2. The molecule has 1 rings (SSSR count). The molecule has 0 fully saturated rings. The lowest BCUT2D eigenvalue weighted by Crippen LogP contribution is -2.26. The zero-order valence-corrected chi connectivity index (χ0v) is 8.84. The van der Waals surface area contributed by atoms with Gasteiger partial charge in [-0.3, -0.25) is 9.59 Å². The van der Waals surface area contributed by atoms with Gasteiger partial charge < -0.3 is 10.7 Å². The van der Waals surface area contributed by atoms with E-state index in [-0.39, 0.29) is 3.57 Å². The quantitative estimate of drug-likeness (QED) is 0.800. The summed E-state index contributed by atoms with van der Waals surface area (Å²) < 4.78 is 24.5. The molecule has 14 heavy (non-hydrogen) atoms. The number of alkyl halides is 2. The van der Waals surface area contributed by atoms with Crippen LogP contribution < -0.4 is 11.3 Å². The van der Waals surface area contributed by atoms with Gasteiger partial charge in [0.05, 0.1) is 0 Å². The molecule has 4 nitrogen and oxygen atoms in total. The molecule has 1 aromatic heterocycles. The van der Waals surface area contributed by atoms with Gasteiger partial charge in [-0.2, -0.15) is 0 Å². The molecule has 1 amide bonds. The molecule has 0 atom stereocenters. The lowest BCUT2D eigenvalue weighted by atomic mass is 10.2. The first kappa shape index (κ1) is 11.1. The number of hydrogen-bond acceptors (Lipinski definition) is 2. The monoisotopic (exact) mass is 314 g/mol. The number of hydrogen-bond donors (Lipinski definition) is 2. The summed E-state index contributed by atoms with van der Waals surface area (Å²) in [5.74, 6) is -1.02. The highest BCUT2D eigenvalue weighted by Crippen LogP contribution is 2.24. The molecule has 1 heterocycles. The van der Waals surface area contributed by atoms with Crippen molar-refractivity contribution in [3.8, 4) is 0 Å². The van der Waals surface area contributed by atoms with Crippen LogP contribution in [0.2, 0.25) is 0 Å². The van der Waals surface area contributed by atoms with Crippen molar-refractivity contribution < 1.29 is 13.6 Å². The average Bonchev–Trinajstić information content (AvgIpc) is 2.02. The van der Waals surface area contributed by atoms with E-state index in [4.69, 9.17) is 5.73 Å². The number of primary amides is 1. The summed E-state index contributed by atoms with van der Waals surface area (Å²) in [4.78, 5) is 23.9. The molecule has 0 saturated carbocycles. The molecule has 1 aromatic rings. The van der Waals surface area contributed by atoms with Crippen LogP contribution in [0, 0.1) is 3.57 Å². The fraction of sp³-hybridized carbons (Fsp3) is 0.143. The summed E-state index contributed by atoms with van der Waals surface area (Å²) in [7, 11) is 0. The Bertz CT molecular complexity index is 430. The van der Waals surface area contributed by atoms with Gasteiger partial charge in [0.15, 0.2) is 0 Å². The van der Waals surface area contributed by atoms with Gasteiger partial charge in [0.2, 0.25) is 0 Å². The second-order valence-corrected chi connectivity index (χ2v) is 3.51. The molecular formula is C7H5F2IN2O2. The van der Waals surface area contributed by atoms with Crippen molar-refractivity contribution >= 4 is 28.5 Å². The Morgan fingerprint density at radius 1 is 1.57 bits per heavy atom. The number of halogens is 3. The number of carbonyl (C=O) groups excluding carboxylic acids is 1. The van der Waals surface area contributed by atoms with E-state index < -0.39 is 29.0 Å². The maximum absolute atomic E-state index is 12.3. The van der Waals surface area contributed by atoms with Crippen LogP contribution in [-0.4, -0.2) is 10.9 Å². The molecule has 0 spiro atoms. The maximum atomic E-state index is 12.3. The minimum atomic E-state index is -2.75. The zero-order valence-electron chi connectivity index (χ0n) is 6.68. The third-order valence-corrected chi connectivity index (χ3v) is 2.70. The third-order valence-electron chi connectivity index (χ3n) is 1.54. The normalized spacial score (nSPS) is 10.6. The molecule has 0 aliphatic rings. The number of aromatic nitrogens is 1. The van der Waals surface area contributed by atoms with Gasteiger partial charge in [0.25, 0.3) is 17.9 Å². The first-order chi connectivity index (χ1) is 6.45. The minimum Gasteiger partial charge on any atom is -0.365 e. The molecule has 76 valence electrons. The third kappa shape index (κ3) is 1.91. The van der Waals surface area contributed by atoms with Crippen LogP contribution >= 0.6 is 22.6 Å². The molecule has 0 bridgehead atoms. The Balaban J connectivity index is 3.49. The zero-order chi connectivity index (χ0) is 10.9. The Morgan fingerprint density at radius 2 is 2.14 bits per heavy atom. The smallest absolute Gasteiger partial charge is 0.266 e. The van der Waals surface area contributed by atoms with Crippen molar-refractivity contribution in [1.82, 2.24) is 4.98 Å². The summed E-state index contributed by atoms with van der Waals surface area (Å²) in [5, 5.41) is 0. The van der Waals surface area contributed by atoms with Crippen LogP contribution in [0.3, 0.4) is 0 Å². The van der Waals surface area contributed by atoms with Crippen LogP contribution in [0.4, 0.5) is 8.78 Å². The van der Waals surface area contributed by atoms with Gasteiger partial charge >= 0.3 is 0 Å². The SMILES string of the molecule is NC(=O)c1c(I)c(C(F)F)c[nH]c1=O. The van der Waals surface area contributed by atoms with Crippen molar-refractivity contribution in [2.24, 2.45) is 5.73 Å². The lowest BCUT2D eigenvalue weighted by Gasteiger charge is -2.05. The predicted octanol–water partition coefficient (Wildman–Crippen LogP) is 1.02. The molecule has 7 heteroatoms. The molecule has 3 N–H and O–H groups in total. The molecule has 0 aromatic carbocycles. The summed E-state index contributed by atoms with van der Waals surface area (Å²) >= 11 is 1.50. The Kier molecular flexibility index (Phi) is 3.19. The van der Waals surface area contributed by atoms with Crippen molar-refractivity contribution in [1.29, 1.82) is 0 Å². The highest BCUT2D eigenvalue weighted by molar-refractivity contribution is 14.1. The second-order valence-electron chi connectivity index (χ2n) is 2.43. The van der Waals surface area contributed by atoms with Crippen LogP contribution in [0.15, 0.2) is 11.0 Å². The minimum absolute atomic E-state index is 0.103. The topological polar surface area (TPSA) is 76.0 Å². The van der Waals surface area contributed by atoms with Gasteiger partial charge in [0, 0.05) is 15.3 Å². The van der Waals surface area contributed by atoms with Crippen LogP contribution in [0.1, 0.15) is 22.3 Å². The summed E-state index contributed by atoms with van der Waals surface area (Å²) in [6, 6.07) is 0. The Morgan fingerprint density at radius 3 is 2.57 bits per heavy atom. The van der Waals surface area contributed by atoms with E-state index in [9.17, 15) is 18.4 Å². The van der Waals surface area contributed by atoms with Crippen LogP contribution in [0.5, 0.6) is 0 Å². The summed E-state index contributed by atoms with van der Waals surface area (Å²) in [5.41, 5.74) is 3.29. The van der Waals surface area contributed by atoms with Crippen molar-refractivity contribution in [2.45, 2.75) is 6.43 Å². The maximum Gasteiger partial charge on any atom is 0.266 e. The number of H-pyrrole nitrogens is 1. The predicted molar refractivity (Wildman–Crippen MR) is 53.3 cm³/mol. The van der Waals surface area contributed by atoms with Crippen molar-refractivity contribution in [3.63, 3.8) is 0 Å². The molecule has 0 aliphatic heterocycles. The first-order valence-electron chi connectivity index (χ1n) is 3.44. The second kappa shape index (κ2) is 4.03. The number of pyridine rings is 1. The highest BCUT2D eigenvalue weighted by Gasteiger charge is 2.19. The van der Waals surface area contributed by atoms with E-state index >= 15 is 0 Å². The number of nitrogens with one attached hydrogen (secondary N) is 1. The summed E-state index contributed by atoms with van der Waals surface area (Å²) in [6.07, 6.45) is -1.88. The average molecular weight is 314 g/mol. The molecule has 0 saturated heterocycles. The van der Waals surface area contributed by atoms with Gasteiger partial charge in [0.1, 0.15) is 5.56 Å². The van der Waals surface area contributed by atoms with Crippen LogP contribution in [0.25, 0.3) is 0 Å². The summed E-state index contributed by atoms with van der Waals surface area (Å²) in [6.45, 7) is 0. The van der Waals surface area contributed by atoms with E-state index in [2.05, 4.69) is 0 Å². The van der Waals surface area contributed by atoms with E-state index in [0.29, 0.717) is 0 Å². The van der Waals surface area contributed by atoms with Gasteiger partial charge in [-0.1, -0.05) is 0 Å². The standard InChI is InChI=1S/C7H5F2IN2O2/c8-5(9)2-1-12-7(14)3(4(2)10)6(11)13/h1,5H,(H2,11,13)(H,12,14). The van der Waals surface area contributed by atoms with Crippen LogP contribution in [-0.2, 0) is 0 Å². The van der Waals surface area contributed by atoms with Crippen molar-refractivity contribution in [2.75, 3.05) is 0 Å². The van der Waals surface area contributed by atoms with Gasteiger partial charge in [-0.05, 0) is 22.6 Å². The Labute approximate surface area is 90.6 Å². The Hall–Kier alpha value is -0.990. The molecule has 0 aliphatic carbocycles. The van der Waals surface area contributed by atoms with E-state index in [1.54, 1.807) is 0 Å². The number of nitrogens with two attached hydrogens (primary N) is 1. The number of aromatic amines is 1. The fourth-order valence-corrected chi connectivity index (χ4v) is 1.80. The number of amides is 1.